The van der Waals surface area contributed by atoms with Crippen LogP contribution in [0.1, 0.15) is 46.1 Å². The van der Waals surface area contributed by atoms with Gasteiger partial charge in [0.05, 0.1) is 29.7 Å². The van der Waals surface area contributed by atoms with Gasteiger partial charge in [0.1, 0.15) is 17.6 Å². The summed E-state index contributed by atoms with van der Waals surface area (Å²) in [6.07, 6.45) is 5.67. The number of nitrogens with one attached hydrogen (secondary N) is 2. The third kappa shape index (κ3) is 10.2. The van der Waals surface area contributed by atoms with Crippen molar-refractivity contribution >= 4 is 23.4 Å². The molecule has 0 radical (unpaired) electrons. The van der Waals surface area contributed by atoms with Crippen LogP contribution in [0.25, 0.3) is 0 Å². The van der Waals surface area contributed by atoms with Gasteiger partial charge in [0.2, 0.25) is 0 Å². The van der Waals surface area contributed by atoms with Crippen LogP contribution in [0, 0.1) is 11.8 Å². The predicted octanol–water partition coefficient (Wildman–Crippen LogP) is 4.55. The number of primary amides is 1. The number of phenols is 2. The summed E-state index contributed by atoms with van der Waals surface area (Å²) in [6.45, 7) is 11.2. The van der Waals surface area contributed by atoms with E-state index in [0.29, 0.717) is 41.8 Å². The van der Waals surface area contributed by atoms with Crippen LogP contribution < -0.4 is 16.4 Å². The Morgan fingerprint density at radius 3 is 2.51 bits per heavy atom. The van der Waals surface area contributed by atoms with Crippen LogP contribution in [0.2, 0.25) is 0 Å². The first-order valence-corrected chi connectivity index (χ1v) is 14.3. The summed E-state index contributed by atoms with van der Waals surface area (Å²) in [7, 11) is 3.03. The van der Waals surface area contributed by atoms with Crippen molar-refractivity contribution in [2.45, 2.75) is 71.4 Å². The van der Waals surface area contributed by atoms with Crippen molar-refractivity contribution in [2.24, 2.45) is 17.6 Å². The zero-order valence-corrected chi connectivity index (χ0v) is 25.9. The summed E-state index contributed by atoms with van der Waals surface area (Å²) >= 11 is 0. The van der Waals surface area contributed by atoms with Gasteiger partial charge in [-0.25, -0.2) is 4.79 Å². The van der Waals surface area contributed by atoms with Gasteiger partial charge in [-0.05, 0) is 38.2 Å². The summed E-state index contributed by atoms with van der Waals surface area (Å²) in [5.41, 5.74) is 7.15. The molecule has 1 aliphatic heterocycles. The zero-order chi connectivity index (χ0) is 32.3. The molecule has 1 aliphatic rings. The van der Waals surface area contributed by atoms with Crippen LogP contribution in [0.5, 0.6) is 11.5 Å². The molecule has 6 atom stereocenters. The van der Waals surface area contributed by atoms with E-state index in [2.05, 4.69) is 17.2 Å². The van der Waals surface area contributed by atoms with Crippen LogP contribution in [0.15, 0.2) is 54.2 Å². The first-order chi connectivity index (χ1) is 20.3. The summed E-state index contributed by atoms with van der Waals surface area (Å²) in [6, 6.07) is 1.29. The van der Waals surface area contributed by atoms with Gasteiger partial charge in [-0.15, -0.1) is 6.58 Å². The second kappa shape index (κ2) is 16.7. The van der Waals surface area contributed by atoms with E-state index < -0.39 is 36.4 Å². The van der Waals surface area contributed by atoms with Gasteiger partial charge in [0.25, 0.3) is 5.91 Å². The lowest BCUT2D eigenvalue weighted by atomic mass is 9.87. The smallest absolute Gasteiger partial charge is 0.405 e. The number of hydrogen-bond acceptors (Lipinski definition) is 9. The molecule has 0 unspecified atom stereocenters. The molecule has 11 nitrogen and oxygen atoms in total. The highest BCUT2D eigenvalue weighted by molar-refractivity contribution is 6.04. The van der Waals surface area contributed by atoms with Crippen LogP contribution in [-0.4, -0.2) is 72.5 Å². The molecule has 11 heteroatoms. The van der Waals surface area contributed by atoms with Crippen molar-refractivity contribution in [1.29, 1.82) is 0 Å². The summed E-state index contributed by atoms with van der Waals surface area (Å²) in [5.74, 6) is -1.33. The van der Waals surface area contributed by atoms with Gasteiger partial charge in [-0.1, -0.05) is 44.2 Å². The molecule has 0 fully saturated rings. The quantitative estimate of drug-likeness (QED) is 0.155. The van der Waals surface area contributed by atoms with Gasteiger partial charge in [-0.2, -0.15) is 0 Å². The van der Waals surface area contributed by atoms with Crippen molar-refractivity contribution < 1.29 is 39.1 Å². The molecular formula is C32H47N3O8. The number of hydrogen-bond donors (Lipinski definition) is 6. The molecule has 7 N–H and O–H groups in total. The molecule has 0 aliphatic carbocycles. The fourth-order valence-electron chi connectivity index (χ4n) is 5.09. The maximum atomic E-state index is 13.0. The Morgan fingerprint density at radius 1 is 1.21 bits per heavy atom. The Bertz CT molecular complexity index is 1230. The summed E-state index contributed by atoms with van der Waals surface area (Å²) in [5, 5.41) is 39.1. The molecule has 1 aromatic rings. The van der Waals surface area contributed by atoms with Crippen molar-refractivity contribution in [1.82, 2.24) is 0 Å². The maximum absolute atomic E-state index is 13.0. The SMILES string of the molecule is C=CCNc1c(O)cc2c(O)c1C[C@@H](C)C[C@H](OC)[C@H](O)[C@@H](C)/C=C(\C)[C@H](OC(N)=O)C[C@H](OC)/C=C\C=C(/C)C(=O)N2. The molecule has 2 rings (SSSR count). The van der Waals surface area contributed by atoms with Crippen molar-refractivity contribution in [3.05, 3.63) is 59.7 Å². The fourth-order valence-corrected chi connectivity index (χ4v) is 5.09. The Morgan fingerprint density at radius 2 is 1.91 bits per heavy atom. The summed E-state index contributed by atoms with van der Waals surface area (Å²) < 4.78 is 16.6. The molecule has 2 bridgehead atoms. The predicted molar refractivity (Wildman–Crippen MR) is 167 cm³/mol. The molecule has 0 aromatic heterocycles. The number of ether oxygens (including phenoxy) is 3. The molecule has 0 saturated heterocycles. The molecule has 0 spiro atoms. The lowest BCUT2D eigenvalue weighted by Gasteiger charge is -2.29. The summed E-state index contributed by atoms with van der Waals surface area (Å²) in [4.78, 5) is 24.7. The van der Waals surface area contributed by atoms with E-state index in [9.17, 15) is 24.9 Å². The average Bonchev–Trinajstić information content (AvgIpc) is 2.95. The number of nitrogens with two attached hydrogens (primary N) is 1. The largest absolute Gasteiger partial charge is 0.506 e. The minimum Gasteiger partial charge on any atom is -0.506 e. The number of rotatable bonds is 6. The number of aliphatic hydroxyl groups is 1. The standard InChI is InChI=1S/C32H47N3O8/c1-8-12-34-28-23-13-18(2)14-27(42-7)29(37)21(5)15-20(4)26(43-32(33)40)16-22(41-6)11-9-10-19(3)31(39)35-24(30(23)38)17-25(28)36/h8-11,15,17-18,21-22,26-27,29,34,36-38H,1,12-14,16H2,2-7H3,(H2,33,40)(H,35,39)/b11-9-,19-10+,20-15+/t18-,21+,22-,26-,27+,29-/m1/s1. The number of anilines is 2. The van der Waals surface area contributed by atoms with E-state index >= 15 is 0 Å². The Kier molecular flexibility index (Phi) is 13.8. The number of methoxy groups -OCH3 is 2. The second-order valence-corrected chi connectivity index (χ2v) is 11.0. The van der Waals surface area contributed by atoms with E-state index in [4.69, 9.17) is 19.9 Å². The molecule has 238 valence electrons. The molecule has 0 saturated carbocycles. The third-order valence-corrected chi connectivity index (χ3v) is 7.53. The Hall–Kier alpha value is -3.80. The van der Waals surface area contributed by atoms with Crippen LogP contribution in [0.4, 0.5) is 16.2 Å². The fraction of sp³-hybridized carbons (Fsp3) is 0.500. The lowest BCUT2D eigenvalue weighted by Crippen LogP contribution is -2.35. The van der Waals surface area contributed by atoms with E-state index in [0.717, 1.165) is 0 Å². The van der Waals surface area contributed by atoms with Gasteiger partial charge in [-0.3, -0.25) is 4.79 Å². The minimum absolute atomic E-state index is 0.0544. The van der Waals surface area contributed by atoms with Gasteiger partial charge >= 0.3 is 6.09 Å². The number of carbonyl (C=O) groups is 2. The second-order valence-electron chi connectivity index (χ2n) is 11.0. The maximum Gasteiger partial charge on any atom is 0.405 e. The molecular weight excluding hydrogens is 554 g/mol. The monoisotopic (exact) mass is 601 g/mol. The van der Waals surface area contributed by atoms with Crippen LogP contribution >= 0.6 is 0 Å². The first kappa shape index (κ1) is 35.4. The number of amides is 2. The number of carbonyl (C=O) groups excluding carboxylic acids is 2. The number of allylic oxidation sites excluding steroid dienone is 2. The zero-order valence-electron chi connectivity index (χ0n) is 25.9. The van der Waals surface area contributed by atoms with E-state index in [1.165, 1.54) is 20.3 Å². The number of aliphatic hydroxyl groups excluding tert-OH is 1. The average molecular weight is 602 g/mol. The van der Waals surface area contributed by atoms with Crippen LogP contribution in [0.3, 0.4) is 0 Å². The number of benzene rings is 1. The highest BCUT2D eigenvalue weighted by Crippen LogP contribution is 2.42. The number of phenolic OH excluding ortho intramolecular Hbond substituents is 2. The first-order valence-electron chi connectivity index (χ1n) is 14.3. The Balaban J connectivity index is 2.63. The van der Waals surface area contributed by atoms with Gasteiger partial charge in [0, 0.05) is 50.3 Å². The Labute approximate surface area is 254 Å². The van der Waals surface area contributed by atoms with E-state index in [-0.39, 0.29) is 35.4 Å². The van der Waals surface area contributed by atoms with Gasteiger partial charge < -0.3 is 45.9 Å². The number of aromatic hydroxyl groups is 2. The van der Waals surface area contributed by atoms with Crippen molar-refractivity contribution in [3.8, 4) is 11.5 Å². The highest BCUT2D eigenvalue weighted by Gasteiger charge is 2.29. The van der Waals surface area contributed by atoms with E-state index in [1.807, 2.05) is 19.9 Å². The van der Waals surface area contributed by atoms with E-state index in [1.54, 1.807) is 38.2 Å². The molecule has 1 aromatic carbocycles. The third-order valence-electron chi connectivity index (χ3n) is 7.53. The topological polar surface area (TPSA) is 173 Å². The molecule has 2 amide bonds. The van der Waals surface area contributed by atoms with Crippen LogP contribution in [-0.2, 0) is 25.4 Å². The number of fused-ring (bicyclic) bond motifs is 2. The molecule has 43 heavy (non-hydrogen) atoms. The minimum atomic E-state index is -0.935. The molecule has 1 heterocycles. The lowest BCUT2D eigenvalue weighted by molar-refractivity contribution is -0.112. The van der Waals surface area contributed by atoms with Crippen molar-refractivity contribution in [3.63, 3.8) is 0 Å². The van der Waals surface area contributed by atoms with Crippen molar-refractivity contribution in [2.75, 3.05) is 31.4 Å². The van der Waals surface area contributed by atoms with Gasteiger partial charge in [0.15, 0.2) is 0 Å². The normalized spacial score (nSPS) is 29.1. The highest BCUT2D eigenvalue weighted by atomic mass is 16.6.